The average molecular weight is 579 g/mol. The summed E-state index contributed by atoms with van der Waals surface area (Å²) in [4.78, 5) is 0. The smallest absolute Gasteiger partial charge is 0.0464 e. The summed E-state index contributed by atoms with van der Waals surface area (Å²) in [7, 11) is 0. The van der Waals surface area contributed by atoms with Crippen molar-refractivity contribution >= 4 is 22.7 Å². The van der Waals surface area contributed by atoms with Gasteiger partial charge in [0.1, 0.15) is 0 Å². The molecule has 0 bridgehead atoms. The van der Waals surface area contributed by atoms with Crippen LogP contribution in [0, 0.1) is 6.92 Å². The van der Waals surface area contributed by atoms with E-state index in [9.17, 15) is 0 Å². The standard InChI is InChI=1S/C43H34N2/c1-31-26-38(44-42-23-12-11-22-40(42)34-18-9-4-10-19-34)30-39(27-31)45-43-25-24-36(33-16-7-3-8-17-33)29-41(43)37-21-13-20-35(28-37)32-14-5-2-6-15-32/h2-30,44-45H,1H3. The molecule has 0 unspecified atom stereocenters. The quantitative estimate of drug-likeness (QED) is 0.187. The van der Waals surface area contributed by atoms with E-state index >= 15 is 0 Å². The fourth-order valence-corrected chi connectivity index (χ4v) is 5.90. The molecule has 2 nitrogen and oxygen atoms in total. The topological polar surface area (TPSA) is 24.1 Å². The van der Waals surface area contributed by atoms with Crippen LogP contribution in [0.5, 0.6) is 0 Å². The summed E-state index contributed by atoms with van der Waals surface area (Å²) in [6.07, 6.45) is 0. The van der Waals surface area contributed by atoms with E-state index in [1.807, 2.05) is 0 Å². The number of hydrogen-bond donors (Lipinski definition) is 2. The lowest BCUT2D eigenvalue weighted by Crippen LogP contribution is -1.98. The molecule has 0 amide bonds. The van der Waals surface area contributed by atoms with E-state index in [-0.39, 0.29) is 0 Å². The first-order valence-electron chi connectivity index (χ1n) is 15.4. The molecule has 7 aromatic carbocycles. The number of aryl methyl sites for hydroxylation is 1. The van der Waals surface area contributed by atoms with Crippen molar-refractivity contribution in [2.45, 2.75) is 6.92 Å². The molecule has 0 aromatic heterocycles. The van der Waals surface area contributed by atoms with Gasteiger partial charge in [-0.3, -0.25) is 0 Å². The Bertz CT molecular complexity index is 2050. The summed E-state index contributed by atoms with van der Waals surface area (Å²) < 4.78 is 0. The lowest BCUT2D eigenvalue weighted by molar-refractivity contribution is 1.43. The van der Waals surface area contributed by atoms with E-state index in [1.54, 1.807) is 0 Å². The van der Waals surface area contributed by atoms with Crippen molar-refractivity contribution in [2.24, 2.45) is 0 Å². The molecule has 0 saturated carbocycles. The number of benzene rings is 7. The molecule has 7 rings (SSSR count). The predicted octanol–water partition coefficient (Wildman–Crippen LogP) is 12.2. The molecule has 0 aliphatic carbocycles. The number of para-hydroxylation sites is 1. The molecule has 45 heavy (non-hydrogen) atoms. The SMILES string of the molecule is Cc1cc(Nc2ccccc2-c2ccccc2)cc(Nc2ccc(-c3ccccc3)cc2-c2cccc(-c3ccccc3)c2)c1. The van der Waals surface area contributed by atoms with Crippen molar-refractivity contribution in [3.05, 3.63) is 181 Å². The minimum atomic E-state index is 1.03. The maximum atomic E-state index is 3.78. The molecule has 0 aliphatic heterocycles. The van der Waals surface area contributed by atoms with E-state index in [4.69, 9.17) is 0 Å². The van der Waals surface area contributed by atoms with E-state index in [0.717, 1.165) is 28.3 Å². The molecular formula is C43H34N2. The minimum absolute atomic E-state index is 1.03. The Labute approximate surface area is 265 Å². The Kier molecular flexibility index (Phi) is 7.94. The van der Waals surface area contributed by atoms with Crippen LogP contribution in [0.2, 0.25) is 0 Å². The third-order valence-corrected chi connectivity index (χ3v) is 8.05. The lowest BCUT2D eigenvalue weighted by Gasteiger charge is -2.18. The van der Waals surface area contributed by atoms with Gasteiger partial charge >= 0.3 is 0 Å². The highest BCUT2D eigenvalue weighted by molar-refractivity contribution is 5.88. The summed E-state index contributed by atoms with van der Waals surface area (Å²) >= 11 is 0. The second kappa shape index (κ2) is 12.8. The zero-order chi connectivity index (χ0) is 30.4. The van der Waals surface area contributed by atoms with Crippen LogP contribution in [0.15, 0.2) is 176 Å². The molecule has 216 valence electrons. The van der Waals surface area contributed by atoms with Crippen LogP contribution in [0.25, 0.3) is 44.5 Å². The van der Waals surface area contributed by atoms with Gasteiger partial charge in [-0.25, -0.2) is 0 Å². The van der Waals surface area contributed by atoms with Crippen LogP contribution >= 0.6 is 0 Å². The van der Waals surface area contributed by atoms with Crippen molar-refractivity contribution in [3.8, 4) is 44.5 Å². The van der Waals surface area contributed by atoms with Crippen molar-refractivity contribution in [3.63, 3.8) is 0 Å². The van der Waals surface area contributed by atoms with E-state index in [1.165, 1.54) is 44.5 Å². The number of nitrogens with one attached hydrogen (secondary N) is 2. The summed E-state index contributed by atoms with van der Waals surface area (Å²) in [5.74, 6) is 0. The van der Waals surface area contributed by atoms with Crippen molar-refractivity contribution < 1.29 is 0 Å². The fraction of sp³-hybridized carbons (Fsp3) is 0.0233. The molecule has 0 heterocycles. The van der Waals surface area contributed by atoms with Gasteiger partial charge in [0.25, 0.3) is 0 Å². The summed E-state index contributed by atoms with van der Waals surface area (Å²) in [5, 5.41) is 7.48. The van der Waals surface area contributed by atoms with Gasteiger partial charge in [0.15, 0.2) is 0 Å². The highest BCUT2D eigenvalue weighted by Crippen LogP contribution is 2.38. The zero-order valence-electron chi connectivity index (χ0n) is 25.2. The van der Waals surface area contributed by atoms with Crippen LogP contribution < -0.4 is 10.6 Å². The number of rotatable bonds is 8. The highest BCUT2D eigenvalue weighted by atomic mass is 14.9. The van der Waals surface area contributed by atoms with Crippen molar-refractivity contribution in [1.29, 1.82) is 0 Å². The lowest BCUT2D eigenvalue weighted by atomic mass is 9.94. The largest absolute Gasteiger partial charge is 0.355 e. The Morgan fingerprint density at radius 3 is 1.44 bits per heavy atom. The highest BCUT2D eigenvalue weighted by Gasteiger charge is 2.12. The number of hydrogen-bond acceptors (Lipinski definition) is 2. The van der Waals surface area contributed by atoms with Crippen LogP contribution in [0.1, 0.15) is 5.56 Å². The third-order valence-electron chi connectivity index (χ3n) is 8.05. The van der Waals surface area contributed by atoms with Crippen LogP contribution in [0.3, 0.4) is 0 Å². The van der Waals surface area contributed by atoms with Gasteiger partial charge in [-0.05, 0) is 88.3 Å². The molecule has 0 spiro atoms. The molecule has 0 aliphatic rings. The van der Waals surface area contributed by atoms with Crippen molar-refractivity contribution in [2.75, 3.05) is 10.6 Å². The first kappa shape index (κ1) is 27.9. The summed E-state index contributed by atoms with van der Waals surface area (Å²) in [5.41, 5.74) is 14.8. The van der Waals surface area contributed by atoms with Gasteiger partial charge < -0.3 is 10.6 Å². The fourth-order valence-electron chi connectivity index (χ4n) is 5.90. The van der Waals surface area contributed by atoms with Crippen LogP contribution in [-0.2, 0) is 0 Å². The Balaban J connectivity index is 1.26. The molecule has 2 N–H and O–H groups in total. The second-order valence-electron chi connectivity index (χ2n) is 11.3. The predicted molar refractivity (Wildman–Crippen MR) is 192 cm³/mol. The first-order chi connectivity index (χ1) is 22.2. The molecule has 0 saturated heterocycles. The Morgan fingerprint density at radius 1 is 0.311 bits per heavy atom. The molecular weight excluding hydrogens is 544 g/mol. The van der Waals surface area contributed by atoms with Gasteiger partial charge in [0, 0.05) is 33.9 Å². The van der Waals surface area contributed by atoms with Crippen LogP contribution in [0.4, 0.5) is 22.7 Å². The van der Waals surface area contributed by atoms with Gasteiger partial charge in [-0.2, -0.15) is 0 Å². The molecule has 0 atom stereocenters. The second-order valence-corrected chi connectivity index (χ2v) is 11.3. The monoisotopic (exact) mass is 578 g/mol. The average Bonchev–Trinajstić information content (AvgIpc) is 3.10. The maximum Gasteiger partial charge on any atom is 0.0464 e. The van der Waals surface area contributed by atoms with Gasteiger partial charge in [-0.15, -0.1) is 0 Å². The third kappa shape index (κ3) is 6.41. The minimum Gasteiger partial charge on any atom is -0.355 e. The zero-order valence-corrected chi connectivity index (χ0v) is 25.2. The maximum absolute atomic E-state index is 3.78. The van der Waals surface area contributed by atoms with E-state index in [2.05, 4.69) is 193 Å². The molecule has 2 heteroatoms. The normalized spacial score (nSPS) is 10.8. The molecule has 0 fully saturated rings. The van der Waals surface area contributed by atoms with E-state index in [0.29, 0.717) is 0 Å². The summed E-state index contributed by atoms with van der Waals surface area (Å²) in [6.45, 7) is 2.14. The first-order valence-corrected chi connectivity index (χ1v) is 15.4. The Hall–Kier alpha value is -5.86. The molecule has 7 aromatic rings. The van der Waals surface area contributed by atoms with Gasteiger partial charge in [0.2, 0.25) is 0 Å². The van der Waals surface area contributed by atoms with Crippen LogP contribution in [-0.4, -0.2) is 0 Å². The van der Waals surface area contributed by atoms with Gasteiger partial charge in [-0.1, -0.05) is 133 Å². The van der Waals surface area contributed by atoms with Crippen molar-refractivity contribution in [1.82, 2.24) is 0 Å². The number of anilines is 4. The van der Waals surface area contributed by atoms with Gasteiger partial charge in [0.05, 0.1) is 0 Å². The summed E-state index contributed by atoms with van der Waals surface area (Å²) in [6, 6.07) is 62.2. The Morgan fingerprint density at radius 2 is 0.800 bits per heavy atom. The van der Waals surface area contributed by atoms with E-state index < -0.39 is 0 Å². The molecule has 0 radical (unpaired) electrons.